The summed E-state index contributed by atoms with van der Waals surface area (Å²) in [6, 6.07) is 17.1. The van der Waals surface area contributed by atoms with Crippen LogP contribution >= 0.6 is 39.5 Å². The van der Waals surface area contributed by atoms with Gasteiger partial charge in [-0.1, -0.05) is 47.7 Å². The second kappa shape index (κ2) is 9.09. The molecule has 0 unspecified atom stereocenters. The molecule has 2 aromatic heterocycles. The number of carbonyl (C=O) groups excluding carboxylic acids is 1. The minimum Gasteiger partial charge on any atom is -0.495 e. The number of hydrogen-bond donors (Lipinski definition) is 2. The third kappa shape index (κ3) is 4.13. The van der Waals surface area contributed by atoms with Crippen molar-refractivity contribution in [3.8, 4) is 16.3 Å². The Morgan fingerprint density at radius 3 is 2.76 bits per heavy atom. The van der Waals surface area contributed by atoms with Crippen molar-refractivity contribution in [3.63, 3.8) is 0 Å². The predicted molar refractivity (Wildman–Crippen MR) is 141 cm³/mol. The number of amides is 1. The second-order valence-electron chi connectivity index (χ2n) is 7.33. The molecule has 0 saturated carbocycles. The Bertz CT molecular complexity index is 1580. The zero-order chi connectivity index (χ0) is 23.8. The number of thiocarbonyl (C=S) groups is 1. The summed E-state index contributed by atoms with van der Waals surface area (Å²) in [5, 5.41) is 21.3. The molecule has 5 rings (SSSR count). The number of anilines is 1. The summed E-state index contributed by atoms with van der Waals surface area (Å²) >= 11 is 10.4. The number of fused-ring (bicyclic) bond motifs is 2. The molecular formula is C23H17BrN6O2S2. The molecule has 0 atom stereocenters. The molecule has 0 aliphatic heterocycles. The molecule has 2 N–H and O–H groups in total. The van der Waals surface area contributed by atoms with Gasteiger partial charge in [0.05, 0.1) is 17.1 Å². The fourth-order valence-corrected chi connectivity index (χ4v) is 5.38. The molecule has 8 nitrogen and oxygen atoms in total. The molecule has 0 fully saturated rings. The van der Waals surface area contributed by atoms with E-state index in [-0.39, 0.29) is 11.0 Å². The zero-order valence-corrected chi connectivity index (χ0v) is 21.2. The van der Waals surface area contributed by atoms with Crippen LogP contribution < -0.4 is 15.4 Å². The van der Waals surface area contributed by atoms with Gasteiger partial charge in [-0.25, -0.2) is 0 Å². The molecule has 5 aromatic rings. The van der Waals surface area contributed by atoms with Gasteiger partial charge in [-0.2, -0.15) is 9.61 Å². The average Bonchev–Trinajstić information content (AvgIpc) is 3.41. The first-order valence-electron chi connectivity index (χ1n) is 10.1. The first-order valence-corrected chi connectivity index (χ1v) is 12.1. The van der Waals surface area contributed by atoms with E-state index in [1.54, 1.807) is 10.6 Å². The molecule has 0 aliphatic carbocycles. The predicted octanol–water partition coefficient (Wildman–Crippen LogP) is 5.21. The fraction of sp³-hybridized carbons (Fsp3) is 0.0870. The highest BCUT2D eigenvalue weighted by Crippen LogP contribution is 2.36. The lowest BCUT2D eigenvalue weighted by molar-refractivity contribution is 0.0975. The molecule has 0 aliphatic rings. The van der Waals surface area contributed by atoms with E-state index in [1.807, 2.05) is 55.5 Å². The molecule has 0 radical (unpaired) electrons. The second-order valence-corrected chi connectivity index (χ2v) is 9.49. The van der Waals surface area contributed by atoms with E-state index in [2.05, 4.69) is 41.9 Å². The van der Waals surface area contributed by atoms with Crippen LogP contribution in [-0.4, -0.2) is 37.9 Å². The Labute approximate surface area is 212 Å². The van der Waals surface area contributed by atoms with Gasteiger partial charge in [0.25, 0.3) is 5.91 Å². The van der Waals surface area contributed by atoms with Crippen LogP contribution in [0.1, 0.15) is 16.2 Å². The summed E-state index contributed by atoms with van der Waals surface area (Å²) in [5.74, 6) is 0.798. The van der Waals surface area contributed by atoms with E-state index >= 15 is 0 Å². The molecule has 1 amide bonds. The monoisotopic (exact) mass is 552 g/mol. The van der Waals surface area contributed by atoms with Crippen LogP contribution in [0.15, 0.2) is 59.1 Å². The first-order chi connectivity index (χ1) is 16.4. The summed E-state index contributed by atoms with van der Waals surface area (Å²) in [6.07, 6.45) is 0. The van der Waals surface area contributed by atoms with Crippen molar-refractivity contribution in [1.82, 2.24) is 25.1 Å². The van der Waals surface area contributed by atoms with Gasteiger partial charge in [0.1, 0.15) is 10.8 Å². The van der Waals surface area contributed by atoms with E-state index in [4.69, 9.17) is 17.0 Å². The number of benzene rings is 3. The standard InChI is InChI=1S/C23H17BrN6O2S2/c1-12-27-28-23-30(12)29-21(34-23)14-7-5-8-15(10-14)25-22(33)26-20(31)17-11-13-6-3-4-9-16(13)18(24)19(17)32-2/h3-11H,1-2H3,(H2,25,26,31,33). The van der Waals surface area contributed by atoms with E-state index in [0.717, 1.165) is 37.8 Å². The lowest BCUT2D eigenvalue weighted by Gasteiger charge is -2.14. The van der Waals surface area contributed by atoms with Crippen molar-refractivity contribution in [3.05, 3.63) is 70.5 Å². The van der Waals surface area contributed by atoms with E-state index in [9.17, 15) is 4.79 Å². The Morgan fingerprint density at radius 1 is 1.15 bits per heavy atom. The van der Waals surface area contributed by atoms with E-state index in [0.29, 0.717) is 15.8 Å². The third-order valence-corrected chi connectivity index (χ3v) is 7.07. The van der Waals surface area contributed by atoms with Gasteiger partial charge in [-0.3, -0.25) is 10.1 Å². The molecular weight excluding hydrogens is 536 g/mol. The van der Waals surface area contributed by atoms with Crippen molar-refractivity contribution in [1.29, 1.82) is 0 Å². The normalized spacial score (nSPS) is 11.0. The van der Waals surface area contributed by atoms with Crippen molar-refractivity contribution in [2.45, 2.75) is 6.92 Å². The Morgan fingerprint density at radius 2 is 1.97 bits per heavy atom. The van der Waals surface area contributed by atoms with Gasteiger partial charge in [-0.15, -0.1) is 10.2 Å². The number of aromatic nitrogens is 4. The fourth-order valence-electron chi connectivity index (χ4n) is 3.55. The minimum absolute atomic E-state index is 0.169. The summed E-state index contributed by atoms with van der Waals surface area (Å²) in [7, 11) is 1.53. The number of carbonyl (C=O) groups is 1. The number of nitrogens with zero attached hydrogens (tertiary/aromatic N) is 4. The SMILES string of the molecule is COc1c(C(=O)NC(=S)Nc2cccc(-c3nn4c(C)nnc4s3)c2)cc2ccccc2c1Br. The summed E-state index contributed by atoms with van der Waals surface area (Å²) in [5.41, 5.74) is 1.99. The lowest BCUT2D eigenvalue weighted by atomic mass is 10.1. The number of nitrogens with one attached hydrogen (secondary N) is 2. The summed E-state index contributed by atoms with van der Waals surface area (Å²) in [4.78, 5) is 13.8. The van der Waals surface area contributed by atoms with Crippen molar-refractivity contribution < 1.29 is 9.53 Å². The molecule has 3 aromatic carbocycles. The van der Waals surface area contributed by atoms with Crippen LogP contribution in [-0.2, 0) is 0 Å². The Kier molecular flexibility index (Phi) is 5.98. The smallest absolute Gasteiger partial charge is 0.261 e. The number of methoxy groups -OCH3 is 1. The van der Waals surface area contributed by atoms with Gasteiger partial charge in [-0.05, 0) is 64.0 Å². The van der Waals surface area contributed by atoms with Crippen LogP contribution in [0.4, 0.5) is 5.69 Å². The highest BCUT2D eigenvalue weighted by atomic mass is 79.9. The maximum absolute atomic E-state index is 13.0. The molecule has 0 spiro atoms. The third-order valence-electron chi connectivity index (χ3n) is 5.13. The van der Waals surface area contributed by atoms with Crippen LogP contribution in [0.5, 0.6) is 5.75 Å². The molecule has 0 saturated heterocycles. The molecule has 34 heavy (non-hydrogen) atoms. The maximum Gasteiger partial charge on any atom is 0.261 e. The highest BCUT2D eigenvalue weighted by Gasteiger charge is 2.19. The minimum atomic E-state index is -0.374. The molecule has 11 heteroatoms. The van der Waals surface area contributed by atoms with Crippen LogP contribution in [0, 0.1) is 6.92 Å². The average molecular weight is 553 g/mol. The number of hydrogen-bond acceptors (Lipinski definition) is 7. The van der Waals surface area contributed by atoms with Crippen LogP contribution in [0.25, 0.3) is 26.3 Å². The Balaban J connectivity index is 1.35. The highest BCUT2D eigenvalue weighted by molar-refractivity contribution is 9.10. The van der Waals surface area contributed by atoms with Crippen LogP contribution in [0.2, 0.25) is 0 Å². The van der Waals surface area contributed by atoms with E-state index < -0.39 is 0 Å². The van der Waals surface area contributed by atoms with Crippen LogP contribution in [0.3, 0.4) is 0 Å². The van der Waals surface area contributed by atoms with Crippen molar-refractivity contribution in [2.24, 2.45) is 0 Å². The largest absolute Gasteiger partial charge is 0.495 e. The molecule has 2 heterocycles. The van der Waals surface area contributed by atoms with Gasteiger partial charge in [0, 0.05) is 11.3 Å². The number of aryl methyl sites for hydroxylation is 1. The lowest BCUT2D eigenvalue weighted by Crippen LogP contribution is -2.34. The van der Waals surface area contributed by atoms with E-state index in [1.165, 1.54) is 18.4 Å². The van der Waals surface area contributed by atoms with Gasteiger partial charge < -0.3 is 10.1 Å². The summed E-state index contributed by atoms with van der Waals surface area (Å²) in [6.45, 7) is 1.85. The quantitative estimate of drug-likeness (QED) is 0.295. The zero-order valence-electron chi connectivity index (χ0n) is 18.0. The molecule has 0 bridgehead atoms. The first kappa shape index (κ1) is 22.4. The van der Waals surface area contributed by atoms with Gasteiger partial charge in [0.2, 0.25) is 4.96 Å². The molecule has 170 valence electrons. The summed E-state index contributed by atoms with van der Waals surface area (Å²) < 4.78 is 7.93. The van der Waals surface area contributed by atoms with Gasteiger partial charge in [0.15, 0.2) is 10.9 Å². The Hall–Kier alpha value is -3.41. The van der Waals surface area contributed by atoms with Crippen molar-refractivity contribution >= 4 is 71.9 Å². The number of halogens is 1. The van der Waals surface area contributed by atoms with Gasteiger partial charge >= 0.3 is 0 Å². The number of rotatable bonds is 4. The topological polar surface area (TPSA) is 93.4 Å². The van der Waals surface area contributed by atoms with Crippen molar-refractivity contribution in [2.75, 3.05) is 12.4 Å². The number of ether oxygens (including phenoxy) is 1. The maximum atomic E-state index is 13.0.